The molecule has 1 unspecified atom stereocenters. The van der Waals surface area contributed by atoms with E-state index < -0.39 is 0 Å². The van der Waals surface area contributed by atoms with Gasteiger partial charge in [0.2, 0.25) is 5.91 Å². The number of carbonyl (C=O) groups is 1. The Morgan fingerprint density at radius 1 is 1.36 bits per heavy atom. The smallest absolute Gasteiger partial charge is 0.219 e. The molecular weight excluding hydrogens is 174 g/mol. The van der Waals surface area contributed by atoms with Crippen LogP contribution in [0.15, 0.2) is 30.3 Å². The largest absolute Gasteiger partial charge is 0.356 e. The molecule has 1 atom stereocenters. The predicted molar refractivity (Wildman–Crippen MR) is 58.2 cm³/mol. The number of rotatable bonds is 4. The summed E-state index contributed by atoms with van der Waals surface area (Å²) in [5, 5.41) is 2.89. The first-order chi connectivity index (χ1) is 6.74. The third kappa shape index (κ3) is 3.21. The van der Waals surface area contributed by atoms with Crippen LogP contribution in [-0.4, -0.2) is 12.5 Å². The van der Waals surface area contributed by atoms with Crippen molar-refractivity contribution in [2.75, 3.05) is 6.54 Å². The SMILES string of the molecule is CCC(=O)NCC(C)c1ccccc1. The van der Waals surface area contributed by atoms with Crippen LogP contribution >= 0.6 is 0 Å². The second kappa shape index (κ2) is 5.43. The van der Waals surface area contributed by atoms with E-state index in [4.69, 9.17) is 0 Å². The second-order valence-electron chi connectivity index (χ2n) is 3.47. The molecule has 1 rings (SSSR count). The maximum Gasteiger partial charge on any atom is 0.219 e. The minimum absolute atomic E-state index is 0.118. The van der Waals surface area contributed by atoms with E-state index in [1.165, 1.54) is 5.56 Å². The van der Waals surface area contributed by atoms with Crippen LogP contribution in [0.1, 0.15) is 31.7 Å². The van der Waals surface area contributed by atoms with Gasteiger partial charge in [0, 0.05) is 13.0 Å². The van der Waals surface area contributed by atoms with Crippen LogP contribution in [0.4, 0.5) is 0 Å². The van der Waals surface area contributed by atoms with Gasteiger partial charge in [-0.2, -0.15) is 0 Å². The van der Waals surface area contributed by atoms with Crippen LogP contribution in [0, 0.1) is 0 Å². The lowest BCUT2D eigenvalue weighted by molar-refractivity contribution is -0.120. The molecule has 2 heteroatoms. The summed E-state index contributed by atoms with van der Waals surface area (Å²) in [6.07, 6.45) is 0.557. The third-order valence-electron chi connectivity index (χ3n) is 2.30. The monoisotopic (exact) mass is 191 g/mol. The van der Waals surface area contributed by atoms with Gasteiger partial charge in [-0.05, 0) is 11.5 Å². The molecule has 0 aromatic heterocycles. The van der Waals surface area contributed by atoms with Crippen molar-refractivity contribution in [2.24, 2.45) is 0 Å². The first kappa shape index (κ1) is 10.8. The van der Waals surface area contributed by atoms with E-state index in [1.807, 2.05) is 25.1 Å². The summed E-state index contributed by atoms with van der Waals surface area (Å²) in [5.74, 6) is 0.500. The number of hydrogen-bond donors (Lipinski definition) is 1. The first-order valence-corrected chi connectivity index (χ1v) is 5.05. The van der Waals surface area contributed by atoms with Crippen molar-refractivity contribution in [1.82, 2.24) is 5.32 Å². The van der Waals surface area contributed by atoms with E-state index in [0.717, 1.165) is 6.54 Å². The lowest BCUT2D eigenvalue weighted by Gasteiger charge is -2.12. The molecule has 0 saturated heterocycles. The van der Waals surface area contributed by atoms with E-state index >= 15 is 0 Å². The van der Waals surface area contributed by atoms with Gasteiger partial charge >= 0.3 is 0 Å². The molecular formula is C12H17NO. The van der Waals surface area contributed by atoms with Gasteiger partial charge < -0.3 is 5.32 Å². The maximum absolute atomic E-state index is 11.0. The summed E-state index contributed by atoms with van der Waals surface area (Å²) in [6.45, 7) is 4.70. The van der Waals surface area contributed by atoms with Crippen molar-refractivity contribution in [3.63, 3.8) is 0 Å². The summed E-state index contributed by atoms with van der Waals surface area (Å²) in [7, 11) is 0. The number of carbonyl (C=O) groups excluding carboxylic acids is 1. The van der Waals surface area contributed by atoms with Gasteiger partial charge in [-0.1, -0.05) is 44.2 Å². The molecule has 1 aromatic carbocycles. The average Bonchev–Trinajstić information content (AvgIpc) is 2.26. The van der Waals surface area contributed by atoms with E-state index in [2.05, 4.69) is 24.4 Å². The van der Waals surface area contributed by atoms with Gasteiger partial charge in [0.05, 0.1) is 0 Å². The van der Waals surface area contributed by atoms with Gasteiger partial charge in [-0.3, -0.25) is 4.79 Å². The Labute approximate surface area is 85.3 Å². The minimum Gasteiger partial charge on any atom is -0.356 e. The number of nitrogens with one attached hydrogen (secondary N) is 1. The van der Waals surface area contributed by atoms with E-state index in [9.17, 15) is 4.79 Å². The van der Waals surface area contributed by atoms with Crippen LogP contribution in [0.5, 0.6) is 0 Å². The molecule has 0 spiro atoms. The van der Waals surface area contributed by atoms with Crippen molar-refractivity contribution in [3.05, 3.63) is 35.9 Å². The van der Waals surface area contributed by atoms with Crippen molar-refractivity contribution < 1.29 is 4.79 Å². The Morgan fingerprint density at radius 3 is 2.57 bits per heavy atom. The maximum atomic E-state index is 11.0. The van der Waals surface area contributed by atoms with Crippen LogP contribution < -0.4 is 5.32 Å². The molecule has 0 aliphatic heterocycles. The molecule has 1 N–H and O–H groups in total. The Kier molecular flexibility index (Phi) is 4.17. The Morgan fingerprint density at radius 2 is 2.00 bits per heavy atom. The Balaban J connectivity index is 2.43. The van der Waals surface area contributed by atoms with Gasteiger partial charge in [-0.25, -0.2) is 0 Å². The van der Waals surface area contributed by atoms with Crippen molar-refractivity contribution in [3.8, 4) is 0 Å². The fourth-order valence-corrected chi connectivity index (χ4v) is 1.29. The normalized spacial score (nSPS) is 12.1. The van der Waals surface area contributed by atoms with Crippen molar-refractivity contribution >= 4 is 5.91 Å². The molecule has 0 heterocycles. The van der Waals surface area contributed by atoms with Crippen LogP contribution in [0.3, 0.4) is 0 Å². The van der Waals surface area contributed by atoms with E-state index in [0.29, 0.717) is 12.3 Å². The summed E-state index contributed by atoms with van der Waals surface area (Å²) in [4.78, 5) is 11.0. The van der Waals surface area contributed by atoms with E-state index in [-0.39, 0.29) is 5.91 Å². The van der Waals surface area contributed by atoms with Gasteiger partial charge in [0.15, 0.2) is 0 Å². The fraction of sp³-hybridized carbons (Fsp3) is 0.417. The summed E-state index contributed by atoms with van der Waals surface area (Å²) < 4.78 is 0. The van der Waals surface area contributed by atoms with Crippen LogP contribution in [0.2, 0.25) is 0 Å². The summed E-state index contributed by atoms with van der Waals surface area (Å²) >= 11 is 0. The number of hydrogen-bond acceptors (Lipinski definition) is 1. The first-order valence-electron chi connectivity index (χ1n) is 5.05. The zero-order chi connectivity index (χ0) is 10.4. The lowest BCUT2D eigenvalue weighted by atomic mass is 10.0. The highest BCUT2D eigenvalue weighted by atomic mass is 16.1. The Hall–Kier alpha value is -1.31. The molecule has 0 fully saturated rings. The van der Waals surface area contributed by atoms with Crippen LogP contribution in [-0.2, 0) is 4.79 Å². The lowest BCUT2D eigenvalue weighted by Crippen LogP contribution is -2.26. The highest BCUT2D eigenvalue weighted by Crippen LogP contribution is 2.12. The molecule has 0 saturated carbocycles. The molecule has 0 radical (unpaired) electrons. The third-order valence-corrected chi connectivity index (χ3v) is 2.30. The fourth-order valence-electron chi connectivity index (χ4n) is 1.29. The highest BCUT2D eigenvalue weighted by Gasteiger charge is 2.05. The van der Waals surface area contributed by atoms with Crippen molar-refractivity contribution in [2.45, 2.75) is 26.2 Å². The molecule has 0 aliphatic rings. The number of amides is 1. The highest BCUT2D eigenvalue weighted by molar-refractivity contribution is 5.75. The predicted octanol–water partition coefficient (Wildman–Crippen LogP) is 2.32. The topological polar surface area (TPSA) is 29.1 Å². The quantitative estimate of drug-likeness (QED) is 0.777. The summed E-state index contributed by atoms with van der Waals surface area (Å²) in [6, 6.07) is 10.2. The van der Waals surface area contributed by atoms with Crippen molar-refractivity contribution in [1.29, 1.82) is 0 Å². The average molecular weight is 191 g/mol. The molecule has 76 valence electrons. The van der Waals surface area contributed by atoms with Gasteiger partial charge in [-0.15, -0.1) is 0 Å². The molecule has 1 amide bonds. The van der Waals surface area contributed by atoms with E-state index in [1.54, 1.807) is 0 Å². The standard InChI is InChI=1S/C12H17NO/c1-3-12(14)13-9-10(2)11-7-5-4-6-8-11/h4-8,10H,3,9H2,1-2H3,(H,13,14). The molecule has 0 aliphatic carbocycles. The van der Waals surface area contributed by atoms with Crippen LogP contribution in [0.25, 0.3) is 0 Å². The molecule has 2 nitrogen and oxygen atoms in total. The molecule has 14 heavy (non-hydrogen) atoms. The van der Waals surface area contributed by atoms with Gasteiger partial charge in [0.25, 0.3) is 0 Å². The number of benzene rings is 1. The minimum atomic E-state index is 0.118. The van der Waals surface area contributed by atoms with Gasteiger partial charge in [0.1, 0.15) is 0 Å². The molecule has 1 aromatic rings. The molecule has 0 bridgehead atoms. The summed E-state index contributed by atoms with van der Waals surface area (Å²) in [5.41, 5.74) is 1.27. The zero-order valence-corrected chi connectivity index (χ0v) is 8.79. The second-order valence-corrected chi connectivity index (χ2v) is 3.47. The zero-order valence-electron chi connectivity index (χ0n) is 8.79. The Bertz CT molecular complexity index is 282.